The Bertz CT molecular complexity index is 453. The number of aryl methyl sites for hydroxylation is 1. The molecule has 0 aliphatic heterocycles. The predicted molar refractivity (Wildman–Crippen MR) is 66.5 cm³/mol. The monoisotopic (exact) mass is 232 g/mol. The average Bonchev–Trinajstić information content (AvgIpc) is 3.10. The fourth-order valence-electron chi connectivity index (χ4n) is 1.92. The minimum atomic E-state index is -0.936. The third kappa shape index (κ3) is 2.46. The van der Waals surface area contributed by atoms with Crippen molar-refractivity contribution in [2.24, 2.45) is 0 Å². The lowest BCUT2D eigenvalue weighted by molar-refractivity contribution is 0.0696. The molecule has 0 amide bonds. The van der Waals surface area contributed by atoms with Crippen LogP contribution in [0.25, 0.3) is 0 Å². The van der Waals surface area contributed by atoms with Gasteiger partial charge in [-0.3, -0.25) is 0 Å². The second kappa shape index (κ2) is 4.57. The SMILES string of the molecule is C=CCN(c1ncc(C(=O)O)cc1C)C1CC1. The minimum Gasteiger partial charge on any atom is -0.478 e. The first-order valence-corrected chi connectivity index (χ1v) is 5.71. The van der Waals surface area contributed by atoms with Crippen molar-refractivity contribution in [2.45, 2.75) is 25.8 Å². The zero-order valence-electron chi connectivity index (χ0n) is 9.89. The van der Waals surface area contributed by atoms with Crippen LogP contribution in [0.5, 0.6) is 0 Å². The normalized spacial score (nSPS) is 14.4. The van der Waals surface area contributed by atoms with Crippen molar-refractivity contribution in [3.63, 3.8) is 0 Å². The number of nitrogens with zero attached hydrogens (tertiary/aromatic N) is 2. The molecule has 1 fully saturated rings. The van der Waals surface area contributed by atoms with Crippen LogP contribution in [0.1, 0.15) is 28.8 Å². The Morgan fingerprint density at radius 2 is 2.41 bits per heavy atom. The molecule has 0 unspecified atom stereocenters. The van der Waals surface area contributed by atoms with E-state index >= 15 is 0 Å². The lowest BCUT2D eigenvalue weighted by Gasteiger charge is -2.23. The van der Waals surface area contributed by atoms with Gasteiger partial charge >= 0.3 is 5.97 Å². The Kier molecular flexibility index (Phi) is 3.13. The summed E-state index contributed by atoms with van der Waals surface area (Å²) in [6.07, 6.45) is 5.62. The van der Waals surface area contributed by atoms with Crippen LogP contribution in [0.15, 0.2) is 24.9 Å². The Morgan fingerprint density at radius 3 is 2.88 bits per heavy atom. The van der Waals surface area contributed by atoms with Crippen molar-refractivity contribution in [2.75, 3.05) is 11.4 Å². The zero-order chi connectivity index (χ0) is 12.4. The van der Waals surface area contributed by atoms with E-state index in [9.17, 15) is 4.79 Å². The fraction of sp³-hybridized carbons (Fsp3) is 0.385. The van der Waals surface area contributed by atoms with Gasteiger partial charge in [0.1, 0.15) is 5.82 Å². The molecule has 1 saturated carbocycles. The molecule has 2 rings (SSSR count). The summed E-state index contributed by atoms with van der Waals surface area (Å²) < 4.78 is 0. The fourth-order valence-corrected chi connectivity index (χ4v) is 1.92. The molecule has 0 aromatic carbocycles. The van der Waals surface area contributed by atoms with Gasteiger partial charge in [0.25, 0.3) is 0 Å². The highest BCUT2D eigenvalue weighted by atomic mass is 16.4. The summed E-state index contributed by atoms with van der Waals surface area (Å²) in [7, 11) is 0. The first-order valence-electron chi connectivity index (χ1n) is 5.71. The topological polar surface area (TPSA) is 53.4 Å². The first-order chi connectivity index (χ1) is 8.13. The quantitative estimate of drug-likeness (QED) is 0.791. The number of carbonyl (C=O) groups is 1. The van der Waals surface area contributed by atoms with Gasteiger partial charge in [0.15, 0.2) is 0 Å². The number of hydrogen-bond acceptors (Lipinski definition) is 3. The van der Waals surface area contributed by atoms with Gasteiger partial charge in [-0.15, -0.1) is 6.58 Å². The number of hydrogen-bond donors (Lipinski definition) is 1. The van der Waals surface area contributed by atoms with Crippen LogP contribution >= 0.6 is 0 Å². The highest BCUT2D eigenvalue weighted by molar-refractivity contribution is 5.87. The molecule has 1 aliphatic rings. The molecule has 1 aromatic heterocycles. The smallest absolute Gasteiger partial charge is 0.337 e. The van der Waals surface area contributed by atoms with E-state index in [1.165, 1.54) is 19.0 Å². The second-order valence-electron chi connectivity index (χ2n) is 4.34. The molecule has 1 aliphatic carbocycles. The summed E-state index contributed by atoms with van der Waals surface area (Å²) in [4.78, 5) is 17.3. The molecule has 1 heterocycles. The van der Waals surface area contributed by atoms with Gasteiger partial charge in [0.2, 0.25) is 0 Å². The van der Waals surface area contributed by atoms with Crippen molar-refractivity contribution in [3.05, 3.63) is 36.0 Å². The maximum atomic E-state index is 10.8. The molecule has 4 heteroatoms. The van der Waals surface area contributed by atoms with Crippen LogP contribution in [0, 0.1) is 6.92 Å². The molecule has 1 N–H and O–H groups in total. The van der Waals surface area contributed by atoms with Gasteiger partial charge in [0.05, 0.1) is 5.56 Å². The van der Waals surface area contributed by atoms with Crippen LogP contribution < -0.4 is 4.90 Å². The van der Waals surface area contributed by atoms with E-state index in [1.807, 2.05) is 13.0 Å². The van der Waals surface area contributed by atoms with Gasteiger partial charge in [-0.2, -0.15) is 0 Å². The third-order valence-corrected chi connectivity index (χ3v) is 2.88. The van der Waals surface area contributed by atoms with Crippen molar-refractivity contribution in [3.8, 4) is 0 Å². The summed E-state index contributed by atoms with van der Waals surface area (Å²) >= 11 is 0. The van der Waals surface area contributed by atoms with Crippen molar-refractivity contribution < 1.29 is 9.90 Å². The zero-order valence-corrected chi connectivity index (χ0v) is 9.89. The lowest BCUT2D eigenvalue weighted by Crippen LogP contribution is -2.27. The van der Waals surface area contributed by atoms with E-state index in [-0.39, 0.29) is 5.56 Å². The predicted octanol–water partition coefficient (Wildman–Crippen LogP) is 2.24. The number of pyridine rings is 1. The molecule has 0 spiro atoms. The molecule has 0 saturated heterocycles. The minimum absolute atomic E-state index is 0.237. The number of aromatic nitrogens is 1. The van der Waals surface area contributed by atoms with E-state index in [2.05, 4.69) is 16.5 Å². The van der Waals surface area contributed by atoms with Gasteiger partial charge in [-0.25, -0.2) is 9.78 Å². The summed E-state index contributed by atoms with van der Waals surface area (Å²) in [6.45, 7) is 6.40. The average molecular weight is 232 g/mol. The van der Waals surface area contributed by atoms with Crippen LogP contribution in [0.4, 0.5) is 5.82 Å². The summed E-state index contributed by atoms with van der Waals surface area (Å²) in [5.41, 5.74) is 1.14. The van der Waals surface area contributed by atoms with Gasteiger partial charge in [-0.05, 0) is 31.4 Å². The third-order valence-electron chi connectivity index (χ3n) is 2.88. The van der Waals surface area contributed by atoms with Crippen LogP contribution in [0.3, 0.4) is 0 Å². The van der Waals surface area contributed by atoms with Crippen molar-refractivity contribution in [1.29, 1.82) is 0 Å². The van der Waals surface area contributed by atoms with Gasteiger partial charge < -0.3 is 10.0 Å². The maximum absolute atomic E-state index is 10.8. The summed E-state index contributed by atoms with van der Waals surface area (Å²) in [6, 6.07) is 2.21. The molecule has 0 radical (unpaired) electrons. The standard InChI is InChI=1S/C13H16N2O2/c1-3-6-15(11-4-5-11)12-9(2)7-10(8-14-12)13(16)17/h3,7-8,11H,1,4-6H2,2H3,(H,16,17). The van der Waals surface area contributed by atoms with E-state index in [4.69, 9.17) is 5.11 Å². The van der Waals surface area contributed by atoms with Gasteiger partial charge in [-0.1, -0.05) is 6.08 Å². The molecule has 1 aromatic rings. The molecule has 17 heavy (non-hydrogen) atoms. The van der Waals surface area contributed by atoms with Gasteiger partial charge in [0, 0.05) is 18.8 Å². The molecule has 0 atom stereocenters. The number of aromatic carboxylic acids is 1. The van der Waals surface area contributed by atoms with Crippen LogP contribution in [-0.2, 0) is 0 Å². The Hall–Kier alpha value is -1.84. The number of carboxylic acid groups (broad SMARTS) is 1. The first kappa shape index (κ1) is 11.6. The summed E-state index contributed by atoms with van der Waals surface area (Å²) in [5.74, 6) is -0.0637. The molecular formula is C13H16N2O2. The Labute approximate surface area is 101 Å². The van der Waals surface area contributed by atoms with Crippen molar-refractivity contribution >= 4 is 11.8 Å². The highest BCUT2D eigenvalue weighted by Gasteiger charge is 2.30. The van der Waals surface area contributed by atoms with Crippen molar-refractivity contribution in [1.82, 2.24) is 4.98 Å². The number of rotatable bonds is 5. The lowest BCUT2D eigenvalue weighted by atomic mass is 10.2. The highest BCUT2D eigenvalue weighted by Crippen LogP contribution is 2.32. The molecular weight excluding hydrogens is 216 g/mol. The van der Waals surface area contributed by atoms with E-state index in [0.29, 0.717) is 6.04 Å². The number of carboxylic acids is 1. The molecule has 90 valence electrons. The largest absolute Gasteiger partial charge is 0.478 e. The maximum Gasteiger partial charge on any atom is 0.337 e. The van der Waals surface area contributed by atoms with Crippen LogP contribution in [-0.4, -0.2) is 28.6 Å². The number of anilines is 1. The molecule has 4 nitrogen and oxygen atoms in total. The van der Waals surface area contributed by atoms with Crippen LogP contribution in [0.2, 0.25) is 0 Å². The summed E-state index contributed by atoms with van der Waals surface area (Å²) in [5, 5.41) is 8.89. The van der Waals surface area contributed by atoms with E-state index in [1.54, 1.807) is 6.07 Å². The van der Waals surface area contributed by atoms with E-state index in [0.717, 1.165) is 17.9 Å². The second-order valence-corrected chi connectivity index (χ2v) is 4.34. The Morgan fingerprint density at radius 1 is 1.71 bits per heavy atom. The van der Waals surface area contributed by atoms with E-state index < -0.39 is 5.97 Å². The molecule has 0 bridgehead atoms. The Balaban J connectivity index is 2.30.